The number of fused-ring (bicyclic) bond motifs is 1. The van der Waals surface area contributed by atoms with Gasteiger partial charge in [-0.05, 0) is 37.5 Å². The Morgan fingerprint density at radius 2 is 2.14 bits per heavy atom. The van der Waals surface area contributed by atoms with Gasteiger partial charge in [0, 0.05) is 24.6 Å². The number of aliphatic hydroxyl groups is 1. The van der Waals surface area contributed by atoms with Crippen molar-refractivity contribution in [3.05, 3.63) is 23.8 Å². The number of hydrogen-bond donors (Lipinski definition) is 3. The summed E-state index contributed by atoms with van der Waals surface area (Å²) in [5.74, 6) is 0.0104. The van der Waals surface area contributed by atoms with Crippen LogP contribution in [-0.4, -0.2) is 39.7 Å². The Bertz CT molecular complexity index is 560. The lowest BCUT2D eigenvalue weighted by atomic mass is 9.71. The Labute approximate surface area is 124 Å². The highest BCUT2D eigenvalue weighted by Gasteiger charge is 2.43. The summed E-state index contributed by atoms with van der Waals surface area (Å²) < 4.78 is 0. The molecule has 1 aromatic rings. The van der Waals surface area contributed by atoms with Crippen molar-refractivity contribution < 1.29 is 15.0 Å². The van der Waals surface area contributed by atoms with E-state index in [9.17, 15) is 15.0 Å². The average molecular weight is 290 g/mol. The molecular weight excluding hydrogens is 268 g/mol. The Hall–Kier alpha value is -1.75. The lowest BCUT2D eigenvalue weighted by Crippen LogP contribution is -2.54. The van der Waals surface area contributed by atoms with Crippen molar-refractivity contribution in [2.75, 3.05) is 18.8 Å². The third-order valence-electron chi connectivity index (χ3n) is 4.99. The van der Waals surface area contributed by atoms with Crippen LogP contribution in [0.5, 0.6) is 5.75 Å². The standard InChI is InChI=1S/C16H22N2O3/c17-13-5-4-11(9-14(13)19)15(20)18-8-7-16(21)6-2-1-3-12(16)10-18/h4-5,9,12,19,21H,1-3,6-8,10,17H2. The van der Waals surface area contributed by atoms with Crippen molar-refractivity contribution in [2.24, 2.45) is 5.92 Å². The minimum absolute atomic E-state index is 0.0629. The topological polar surface area (TPSA) is 86.8 Å². The second kappa shape index (κ2) is 5.22. The van der Waals surface area contributed by atoms with Crippen LogP contribution in [0.1, 0.15) is 42.5 Å². The van der Waals surface area contributed by atoms with Gasteiger partial charge in [-0.1, -0.05) is 12.8 Å². The van der Waals surface area contributed by atoms with E-state index in [0.717, 1.165) is 25.7 Å². The molecule has 21 heavy (non-hydrogen) atoms. The SMILES string of the molecule is Nc1ccc(C(=O)N2CCC3(O)CCCCC3C2)cc1O. The van der Waals surface area contributed by atoms with Crippen molar-refractivity contribution in [3.63, 3.8) is 0 Å². The van der Waals surface area contributed by atoms with E-state index >= 15 is 0 Å². The van der Waals surface area contributed by atoms with Crippen molar-refractivity contribution in [1.29, 1.82) is 0 Å². The van der Waals surface area contributed by atoms with Gasteiger partial charge in [0.2, 0.25) is 0 Å². The number of rotatable bonds is 1. The molecule has 0 bridgehead atoms. The van der Waals surface area contributed by atoms with Gasteiger partial charge < -0.3 is 20.8 Å². The molecule has 1 aliphatic carbocycles. The first kappa shape index (κ1) is 14.2. The molecule has 1 saturated carbocycles. The summed E-state index contributed by atoms with van der Waals surface area (Å²) in [5, 5.41) is 20.3. The second-order valence-corrected chi connectivity index (χ2v) is 6.32. The smallest absolute Gasteiger partial charge is 0.254 e. The Morgan fingerprint density at radius 3 is 2.90 bits per heavy atom. The molecule has 0 spiro atoms. The molecule has 2 fully saturated rings. The van der Waals surface area contributed by atoms with E-state index in [1.807, 2.05) is 0 Å². The number of aromatic hydroxyl groups is 1. The van der Waals surface area contributed by atoms with Gasteiger partial charge in [0.05, 0.1) is 11.3 Å². The molecule has 2 unspecified atom stereocenters. The van der Waals surface area contributed by atoms with Crippen molar-refractivity contribution in [2.45, 2.75) is 37.7 Å². The van der Waals surface area contributed by atoms with E-state index in [1.165, 1.54) is 6.07 Å². The maximum atomic E-state index is 12.5. The highest BCUT2D eigenvalue weighted by atomic mass is 16.3. The zero-order valence-corrected chi connectivity index (χ0v) is 12.1. The van der Waals surface area contributed by atoms with Gasteiger partial charge in [0.25, 0.3) is 5.91 Å². The number of nitrogens with two attached hydrogens (primary N) is 1. The molecular formula is C16H22N2O3. The van der Waals surface area contributed by atoms with Gasteiger partial charge in [0.1, 0.15) is 5.75 Å². The van der Waals surface area contributed by atoms with Crippen molar-refractivity contribution in [1.82, 2.24) is 4.90 Å². The fourth-order valence-corrected chi connectivity index (χ4v) is 3.61. The van der Waals surface area contributed by atoms with Crippen LogP contribution in [0, 0.1) is 5.92 Å². The molecule has 1 aromatic carbocycles. The van der Waals surface area contributed by atoms with Crippen LogP contribution in [0.15, 0.2) is 18.2 Å². The lowest BCUT2D eigenvalue weighted by molar-refractivity contribution is -0.0886. The molecule has 1 heterocycles. The quantitative estimate of drug-likeness (QED) is 0.543. The molecule has 114 valence electrons. The number of nitrogens with zero attached hydrogens (tertiary/aromatic N) is 1. The van der Waals surface area contributed by atoms with Gasteiger partial charge in [-0.25, -0.2) is 0 Å². The maximum absolute atomic E-state index is 12.5. The van der Waals surface area contributed by atoms with Gasteiger partial charge >= 0.3 is 0 Å². The number of piperidine rings is 1. The number of anilines is 1. The third kappa shape index (κ3) is 2.58. The number of carbonyl (C=O) groups excluding carboxylic acids is 1. The summed E-state index contributed by atoms with van der Waals surface area (Å²) in [4.78, 5) is 14.3. The first-order valence-corrected chi connectivity index (χ1v) is 7.60. The molecule has 1 aliphatic heterocycles. The summed E-state index contributed by atoms with van der Waals surface area (Å²) >= 11 is 0. The number of nitrogen functional groups attached to an aromatic ring is 1. The van der Waals surface area contributed by atoms with E-state index in [4.69, 9.17) is 5.73 Å². The fraction of sp³-hybridized carbons (Fsp3) is 0.562. The number of hydrogen-bond acceptors (Lipinski definition) is 4. The molecule has 0 radical (unpaired) electrons. The molecule has 1 amide bonds. The largest absolute Gasteiger partial charge is 0.506 e. The number of phenolic OH excluding ortho intramolecular Hbond substituents is 1. The molecule has 5 heteroatoms. The summed E-state index contributed by atoms with van der Waals surface area (Å²) in [6.07, 6.45) is 4.67. The van der Waals surface area contributed by atoms with E-state index in [-0.39, 0.29) is 23.3 Å². The summed E-state index contributed by atoms with van der Waals surface area (Å²) in [7, 11) is 0. The summed E-state index contributed by atoms with van der Waals surface area (Å²) in [6, 6.07) is 4.60. The normalized spacial score (nSPS) is 29.0. The van der Waals surface area contributed by atoms with Crippen LogP contribution < -0.4 is 5.73 Å². The minimum Gasteiger partial charge on any atom is -0.506 e. The van der Waals surface area contributed by atoms with Crippen molar-refractivity contribution >= 4 is 11.6 Å². The lowest BCUT2D eigenvalue weighted by Gasteiger charge is -2.47. The maximum Gasteiger partial charge on any atom is 0.254 e. The third-order valence-corrected chi connectivity index (χ3v) is 4.99. The number of phenols is 1. The Morgan fingerprint density at radius 1 is 1.33 bits per heavy atom. The van der Waals surface area contributed by atoms with Gasteiger partial charge in [-0.15, -0.1) is 0 Å². The van der Waals surface area contributed by atoms with Gasteiger partial charge in [0.15, 0.2) is 0 Å². The van der Waals surface area contributed by atoms with E-state index < -0.39 is 5.60 Å². The van der Waals surface area contributed by atoms with E-state index in [1.54, 1.807) is 17.0 Å². The molecule has 0 aromatic heterocycles. The number of amides is 1. The summed E-state index contributed by atoms with van der Waals surface area (Å²) in [6.45, 7) is 1.16. The molecule has 1 saturated heterocycles. The molecule has 4 N–H and O–H groups in total. The van der Waals surface area contributed by atoms with Crippen LogP contribution in [0.25, 0.3) is 0 Å². The number of likely N-dealkylation sites (tertiary alicyclic amines) is 1. The van der Waals surface area contributed by atoms with Crippen LogP contribution in [0.3, 0.4) is 0 Å². The molecule has 2 aliphatic rings. The predicted octanol–water partition coefficient (Wildman–Crippen LogP) is 1.74. The molecule has 2 atom stereocenters. The summed E-state index contributed by atoms with van der Waals surface area (Å²) in [5.41, 5.74) is 5.70. The Kier molecular flexibility index (Phi) is 3.53. The highest BCUT2D eigenvalue weighted by molar-refractivity contribution is 5.95. The predicted molar refractivity (Wildman–Crippen MR) is 79.9 cm³/mol. The van der Waals surface area contributed by atoms with Gasteiger partial charge in [-0.3, -0.25) is 4.79 Å². The fourth-order valence-electron chi connectivity index (χ4n) is 3.61. The Balaban J connectivity index is 1.75. The number of carbonyl (C=O) groups is 1. The zero-order valence-electron chi connectivity index (χ0n) is 12.1. The van der Waals surface area contributed by atoms with Crippen LogP contribution in [-0.2, 0) is 0 Å². The first-order valence-electron chi connectivity index (χ1n) is 7.60. The number of benzene rings is 1. The highest BCUT2D eigenvalue weighted by Crippen LogP contribution is 2.40. The molecule has 3 rings (SSSR count). The zero-order chi connectivity index (χ0) is 15.0. The van der Waals surface area contributed by atoms with Crippen LogP contribution in [0.4, 0.5) is 5.69 Å². The monoisotopic (exact) mass is 290 g/mol. The van der Waals surface area contributed by atoms with Crippen molar-refractivity contribution in [3.8, 4) is 5.75 Å². The van der Waals surface area contributed by atoms with E-state index in [0.29, 0.717) is 25.1 Å². The van der Waals surface area contributed by atoms with Crippen LogP contribution in [0.2, 0.25) is 0 Å². The first-order chi connectivity index (χ1) is 9.99. The minimum atomic E-state index is -0.585. The average Bonchev–Trinajstić information content (AvgIpc) is 2.48. The molecule has 5 nitrogen and oxygen atoms in total. The van der Waals surface area contributed by atoms with E-state index in [2.05, 4.69) is 0 Å². The second-order valence-electron chi connectivity index (χ2n) is 6.32. The van der Waals surface area contributed by atoms with Gasteiger partial charge in [-0.2, -0.15) is 0 Å². The van der Waals surface area contributed by atoms with Crippen LogP contribution >= 0.6 is 0 Å².